The molecule has 0 bridgehead atoms. The van der Waals surface area contributed by atoms with E-state index in [2.05, 4.69) is 27.4 Å². The smallest absolute Gasteiger partial charge is 0.0478 e. The van der Waals surface area contributed by atoms with Gasteiger partial charge in [0, 0.05) is 35.9 Å². The Morgan fingerprint density at radius 2 is 1.22 bits per heavy atom. The third-order valence-electron chi connectivity index (χ3n) is 3.20. The van der Waals surface area contributed by atoms with Gasteiger partial charge >= 0.3 is 0 Å². The molecular formula is C15H32BrNO. The number of rotatable bonds is 15. The predicted molar refractivity (Wildman–Crippen MR) is 84.2 cm³/mol. The summed E-state index contributed by atoms with van der Waals surface area (Å²) in [5, 5.41) is 0. The number of hydrogen-bond donors (Lipinski definition) is 1. The highest BCUT2D eigenvalue weighted by atomic mass is 79.9. The molecule has 0 aromatic heterocycles. The summed E-state index contributed by atoms with van der Waals surface area (Å²) in [5.74, 6) is 0. The van der Waals surface area contributed by atoms with E-state index in [1.807, 2.05) is 0 Å². The first kappa shape index (κ1) is 18.4. The Hall–Kier alpha value is 0.400. The van der Waals surface area contributed by atoms with Crippen LogP contribution in [0.4, 0.5) is 0 Å². The molecule has 1 N–H and O–H groups in total. The van der Waals surface area contributed by atoms with Gasteiger partial charge in [-0.2, -0.15) is 0 Å². The lowest BCUT2D eigenvalue weighted by Gasteiger charge is -2.04. The minimum atomic E-state index is 0.885. The first-order chi connectivity index (χ1) is 8.91. The molecule has 0 saturated heterocycles. The van der Waals surface area contributed by atoms with E-state index in [1.54, 1.807) is 0 Å². The number of ether oxygens (including phenoxy) is 1. The summed E-state index contributed by atoms with van der Waals surface area (Å²) in [7, 11) is 0. The number of hydrogen-bond acceptors (Lipinski definition) is 2. The van der Waals surface area contributed by atoms with Crippen LogP contribution in [-0.4, -0.2) is 19.8 Å². The molecule has 0 fully saturated rings. The fourth-order valence-corrected chi connectivity index (χ4v) is 2.32. The summed E-state index contributed by atoms with van der Waals surface area (Å²) >= 11 is 3.18. The van der Waals surface area contributed by atoms with Crippen molar-refractivity contribution in [3.05, 3.63) is 0 Å². The van der Waals surface area contributed by atoms with Crippen molar-refractivity contribution in [3.63, 3.8) is 0 Å². The standard InChI is InChI=1S/C15H32BrNO/c1-2-3-4-5-6-7-8-9-10-11-14-18-15-12-13-17-16/h17H,2-15H2,1H3. The second-order valence-corrected chi connectivity index (χ2v) is 5.59. The van der Waals surface area contributed by atoms with Gasteiger partial charge in [-0.15, -0.1) is 0 Å². The molecule has 0 aliphatic carbocycles. The number of halogens is 1. The Bertz CT molecular complexity index is 128. The highest BCUT2D eigenvalue weighted by Gasteiger charge is 1.93. The van der Waals surface area contributed by atoms with E-state index in [0.29, 0.717) is 0 Å². The van der Waals surface area contributed by atoms with Gasteiger partial charge in [0.2, 0.25) is 0 Å². The highest BCUT2D eigenvalue weighted by Crippen LogP contribution is 2.10. The van der Waals surface area contributed by atoms with Crippen molar-refractivity contribution < 1.29 is 4.74 Å². The van der Waals surface area contributed by atoms with Crippen LogP contribution >= 0.6 is 16.1 Å². The van der Waals surface area contributed by atoms with Crippen LogP contribution in [0.1, 0.15) is 77.6 Å². The van der Waals surface area contributed by atoms with Gasteiger partial charge in [-0.3, -0.25) is 4.34 Å². The molecule has 0 amide bonds. The maximum Gasteiger partial charge on any atom is 0.0478 e. The predicted octanol–water partition coefficient (Wildman–Crippen LogP) is 5.21. The zero-order valence-electron chi connectivity index (χ0n) is 12.2. The van der Waals surface area contributed by atoms with E-state index >= 15 is 0 Å². The monoisotopic (exact) mass is 321 g/mol. The molecule has 18 heavy (non-hydrogen) atoms. The molecule has 0 atom stereocenters. The van der Waals surface area contributed by atoms with E-state index in [0.717, 1.165) is 26.2 Å². The molecule has 0 heterocycles. The number of nitrogens with one attached hydrogen (secondary N) is 1. The Balaban J connectivity index is 2.86. The van der Waals surface area contributed by atoms with Crippen molar-refractivity contribution in [2.45, 2.75) is 77.6 Å². The molecule has 0 spiro atoms. The van der Waals surface area contributed by atoms with Crippen LogP contribution in [0.3, 0.4) is 0 Å². The minimum Gasteiger partial charge on any atom is -0.381 e. The van der Waals surface area contributed by atoms with Crippen molar-refractivity contribution in [1.82, 2.24) is 4.34 Å². The van der Waals surface area contributed by atoms with E-state index in [4.69, 9.17) is 4.74 Å². The second kappa shape index (κ2) is 17.4. The molecular weight excluding hydrogens is 290 g/mol. The zero-order valence-corrected chi connectivity index (χ0v) is 13.8. The van der Waals surface area contributed by atoms with E-state index in [9.17, 15) is 0 Å². The quantitative estimate of drug-likeness (QED) is 0.330. The summed E-state index contributed by atoms with van der Waals surface area (Å²) in [6, 6.07) is 0. The summed E-state index contributed by atoms with van der Waals surface area (Å²) in [6.07, 6.45) is 15.0. The molecule has 3 heteroatoms. The van der Waals surface area contributed by atoms with Gasteiger partial charge in [0.15, 0.2) is 0 Å². The van der Waals surface area contributed by atoms with Crippen LogP contribution < -0.4 is 4.34 Å². The topological polar surface area (TPSA) is 21.3 Å². The van der Waals surface area contributed by atoms with Crippen molar-refractivity contribution in [2.24, 2.45) is 0 Å². The first-order valence-corrected chi connectivity index (χ1v) is 8.62. The molecule has 0 aliphatic rings. The van der Waals surface area contributed by atoms with Crippen molar-refractivity contribution >= 4 is 16.1 Å². The SMILES string of the molecule is CCCCCCCCCCCCOCCCNBr. The average Bonchev–Trinajstić information content (AvgIpc) is 2.39. The summed E-state index contributed by atoms with van der Waals surface area (Å²) in [5.41, 5.74) is 0. The fraction of sp³-hybridized carbons (Fsp3) is 1.00. The lowest BCUT2D eigenvalue weighted by atomic mass is 10.1. The van der Waals surface area contributed by atoms with Gasteiger partial charge in [0.1, 0.15) is 0 Å². The molecule has 0 rings (SSSR count). The summed E-state index contributed by atoms with van der Waals surface area (Å²) < 4.78 is 8.49. The largest absolute Gasteiger partial charge is 0.381 e. The van der Waals surface area contributed by atoms with Gasteiger partial charge in [0.25, 0.3) is 0 Å². The van der Waals surface area contributed by atoms with Gasteiger partial charge in [-0.25, -0.2) is 0 Å². The Labute approximate surface area is 123 Å². The molecule has 0 radical (unpaired) electrons. The Morgan fingerprint density at radius 1 is 0.722 bits per heavy atom. The molecule has 0 aromatic carbocycles. The molecule has 0 unspecified atom stereocenters. The van der Waals surface area contributed by atoms with Crippen molar-refractivity contribution in [2.75, 3.05) is 19.8 Å². The van der Waals surface area contributed by atoms with Crippen LogP contribution in [0.15, 0.2) is 0 Å². The third kappa shape index (κ3) is 16.4. The van der Waals surface area contributed by atoms with Crippen LogP contribution in [-0.2, 0) is 4.74 Å². The van der Waals surface area contributed by atoms with E-state index in [-0.39, 0.29) is 0 Å². The average molecular weight is 322 g/mol. The molecule has 0 aromatic rings. The lowest BCUT2D eigenvalue weighted by Crippen LogP contribution is -2.05. The summed E-state index contributed by atoms with van der Waals surface area (Å²) in [6.45, 7) is 5.09. The van der Waals surface area contributed by atoms with Gasteiger partial charge in [0.05, 0.1) is 0 Å². The van der Waals surface area contributed by atoms with Gasteiger partial charge in [-0.1, -0.05) is 64.7 Å². The molecule has 2 nitrogen and oxygen atoms in total. The van der Waals surface area contributed by atoms with Crippen molar-refractivity contribution in [3.8, 4) is 0 Å². The molecule has 110 valence electrons. The Morgan fingerprint density at radius 3 is 1.78 bits per heavy atom. The lowest BCUT2D eigenvalue weighted by molar-refractivity contribution is 0.128. The van der Waals surface area contributed by atoms with Crippen LogP contribution in [0.5, 0.6) is 0 Å². The first-order valence-electron chi connectivity index (χ1n) is 7.83. The Kier molecular flexibility index (Phi) is 17.8. The number of unbranched alkanes of at least 4 members (excludes halogenated alkanes) is 9. The van der Waals surface area contributed by atoms with Gasteiger partial charge < -0.3 is 4.74 Å². The maximum atomic E-state index is 5.55. The van der Waals surface area contributed by atoms with E-state index in [1.165, 1.54) is 64.2 Å². The van der Waals surface area contributed by atoms with Crippen LogP contribution in [0.2, 0.25) is 0 Å². The summed E-state index contributed by atoms with van der Waals surface area (Å²) in [4.78, 5) is 0. The maximum absolute atomic E-state index is 5.55. The normalized spacial score (nSPS) is 11.0. The minimum absolute atomic E-state index is 0.885. The third-order valence-corrected chi connectivity index (χ3v) is 3.60. The molecule has 0 saturated carbocycles. The van der Waals surface area contributed by atoms with Gasteiger partial charge in [-0.05, 0) is 12.8 Å². The van der Waals surface area contributed by atoms with E-state index < -0.39 is 0 Å². The zero-order chi connectivity index (χ0) is 13.3. The second-order valence-electron chi connectivity index (χ2n) is 5.03. The van der Waals surface area contributed by atoms with Crippen LogP contribution in [0, 0.1) is 0 Å². The highest BCUT2D eigenvalue weighted by molar-refractivity contribution is 9.08. The fourth-order valence-electron chi connectivity index (χ4n) is 2.03. The molecule has 0 aliphatic heterocycles. The van der Waals surface area contributed by atoms with Crippen molar-refractivity contribution in [1.29, 1.82) is 0 Å². The van der Waals surface area contributed by atoms with Crippen LogP contribution in [0.25, 0.3) is 0 Å².